The zero-order valence-corrected chi connectivity index (χ0v) is 15.3. The average Bonchev–Trinajstić information content (AvgIpc) is 2.94. The summed E-state index contributed by atoms with van der Waals surface area (Å²) in [5.41, 5.74) is 5.23. The Labute approximate surface area is 147 Å². The molecule has 0 aliphatic carbocycles. The van der Waals surface area contributed by atoms with Gasteiger partial charge in [-0.3, -0.25) is 0 Å². The maximum absolute atomic E-state index is 3.71. The van der Waals surface area contributed by atoms with E-state index in [2.05, 4.69) is 76.4 Å². The van der Waals surface area contributed by atoms with Gasteiger partial charge in [-0.15, -0.1) is 0 Å². The van der Waals surface area contributed by atoms with Crippen LogP contribution >= 0.6 is 15.9 Å². The van der Waals surface area contributed by atoms with Gasteiger partial charge in [0.1, 0.15) is 0 Å². The highest BCUT2D eigenvalue weighted by Crippen LogP contribution is 2.35. The van der Waals surface area contributed by atoms with Crippen molar-refractivity contribution in [2.45, 2.75) is 45.4 Å². The van der Waals surface area contributed by atoms with Gasteiger partial charge in [0.2, 0.25) is 0 Å². The van der Waals surface area contributed by atoms with Crippen LogP contribution in [0.15, 0.2) is 53.0 Å². The van der Waals surface area contributed by atoms with Crippen LogP contribution < -0.4 is 0 Å². The molecule has 1 nitrogen and oxygen atoms in total. The van der Waals surface area contributed by atoms with E-state index in [-0.39, 0.29) is 0 Å². The number of unbranched alkanes of at least 4 members (excludes halogenated alkanes) is 4. The van der Waals surface area contributed by atoms with Crippen molar-refractivity contribution >= 4 is 26.8 Å². The Morgan fingerprint density at radius 3 is 2.43 bits per heavy atom. The summed E-state index contributed by atoms with van der Waals surface area (Å²) in [6, 6.07) is 17.1. The molecule has 0 saturated heterocycles. The van der Waals surface area contributed by atoms with E-state index in [0.717, 1.165) is 10.9 Å². The fourth-order valence-corrected chi connectivity index (χ4v) is 3.74. The molecule has 0 unspecified atom stereocenters. The molecule has 0 aliphatic heterocycles. The van der Waals surface area contributed by atoms with Crippen LogP contribution in [-0.2, 0) is 6.42 Å². The second-order valence-electron chi connectivity index (χ2n) is 6.17. The minimum atomic E-state index is 1.14. The van der Waals surface area contributed by atoms with Gasteiger partial charge in [0.05, 0.1) is 5.69 Å². The smallest absolute Gasteiger partial charge is 0.0508 e. The lowest BCUT2D eigenvalue weighted by Gasteiger charge is -2.07. The molecule has 0 aliphatic rings. The largest absolute Gasteiger partial charge is 0.354 e. The van der Waals surface area contributed by atoms with Crippen molar-refractivity contribution in [2.75, 3.05) is 0 Å². The van der Waals surface area contributed by atoms with E-state index >= 15 is 0 Å². The first kappa shape index (κ1) is 16.3. The minimum absolute atomic E-state index is 1.14. The van der Waals surface area contributed by atoms with Gasteiger partial charge in [-0.25, -0.2) is 0 Å². The van der Waals surface area contributed by atoms with Crippen molar-refractivity contribution in [2.24, 2.45) is 0 Å². The van der Waals surface area contributed by atoms with Crippen molar-refractivity contribution in [3.8, 4) is 11.3 Å². The Morgan fingerprint density at radius 1 is 0.870 bits per heavy atom. The van der Waals surface area contributed by atoms with Gasteiger partial charge in [-0.2, -0.15) is 0 Å². The summed E-state index contributed by atoms with van der Waals surface area (Å²) in [5, 5.41) is 1.37. The number of aromatic nitrogens is 1. The zero-order chi connectivity index (χ0) is 16.1. The molecule has 0 radical (unpaired) electrons. The molecule has 120 valence electrons. The lowest BCUT2D eigenvalue weighted by Crippen LogP contribution is -1.90. The van der Waals surface area contributed by atoms with E-state index in [1.165, 1.54) is 59.8 Å². The number of para-hydroxylation sites is 1. The SMILES string of the molecule is CCCCCCCc1c(-c2ccccc2Br)[nH]c2ccccc12. The van der Waals surface area contributed by atoms with Crippen molar-refractivity contribution in [3.63, 3.8) is 0 Å². The molecule has 0 spiro atoms. The molecule has 1 heterocycles. The molecule has 3 aromatic rings. The summed E-state index contributed by atoms with van der Waals surface area (Å²) >= 11 is 3.71. The predicted octanol–water partition coefficient (Wildman–Crippen LogP) is 7.11. The Kier molecular flexibility index (Phi) is 5.56. The first-order valence-corrected chi connectivity index (χ1v) is 9.45. The van der Waals surface area contributed by atoms with Crippen LogP contribution in [0.1, 0.15) is 44.6 Å². The fourth-order valence-electron chi connectivity index (χ4n) is 3.26. The molecule has 1 aromatic heterocycles. The Balaban J connectivity index is 1.94. The number of fused-ring (bicyclic) bond motifs is 1. The van der Waals surface area contributed by atoms with E-state index in [9.17, 15) is 0 Å². The summed E-state index contributed by atoms with van der Waals surface area (Å²) in [6.07, 6.45) is 7.73. The lowest BCUT2D eigenvalue weighted by molar-refractivity contribution is 0.633. The summed E-state index contributed by atoms with van der Waals surface area (Å²) < 4.78 is 1.15. The molecule has 0 saturated carbocycles. The lowest BCUT2D eigenvalue weighted by atomic mass is 9.99. The topological polar surface area (TPSA) is 15.8 Å². The normalized spacial score (nSPS) is 11.2. The molecule has 0 bridgehead atoms. The third kappa shape index (κ3) is 3.69. The van der Waals surface area contributed by atoms with E-state index < -0.39 is 0 Å². The summed E-state index contributed by atoms with van der Waals surface area (Å²) in [5.74, 6) is 0. The molecule has 0 fully saturated rings. The van der Waals surface area contributed by atoms with Crippen LogP contribution in [-0.4, -0.2) is 4.98 Å². The predicted molar refractivity (Wildman–Crippen MR) is 104 cm³/mol. The third-order valence-electron chi connectivity index (χ3n) is 4.49. The Morgan fingerprint density at radius 2 is 1.61 bits per heavy atom. The highest BCUT2D eigenvalue weighted by molar-refractivity contribution is 9.10. The number of nitrogens with one attached hydrogen (secondary N) is 1. The molecule has 2 aromatic carbocycles. The zero-order valence-electron chi connectivity index (χ0n) is 13.7. The van der Waals surface area contributed by atoms with E-state index in [1.54, 1.807) is 0 Å². The van der Waals surface area contributed by atoms with Gasteiger partial charge in [0, 0.05) is 20.9 Å². The van der Waals surface area contributed by atoms with Crippen LogP contribution in [0.4, 0.5) is 0 Å². The van der Waals surface area contributed by atoms with E-state index in [4.69, 9.17) is 0 Å². The molecule has 1 N–H and O–H groups in total. The number of H-pyrrole nitrogens is 1. The molecule has 0 amide bonds. The van der Waals surface area contributed by atoms with Gasteiger partial charge in [0.25, 0.3) is 0 Å². The highest BCUT2D eigenvalue weighted by Gasteiger charge is 2.14. The van der Waals surface area contributed by atoms with Crippen molar-refractivity contribution in [1.29, 1.82) is 0 Å². The molecule has 0 atom stereocenters. The number of aryl methyl sites for hydroxylation is 1. The van der Waals surface area contributed by atoms with Crippen molar-refractivity contribution in [1.82, 2.24) is 4.98 Å². The Bertz CT molecular complexity index is 772. The number of hydrogen-bond donors (Lipinski definition) is 1. The van der Waals surface area contributed by atoms with Crippen LogP contribution in [0.3, 0.4) is 0 Å². The van der Waals surface area contributed by atoms with Gasteiger partial charge in [0.15, 0.2) is 0 Å². The average molecular weight is 370 g/mol. The molecule has 23 heavy (non-hydrogen) atoms. The monoisotopic (exact) mass is 369 g/mol. The van der Waals surface area contributed by atoms with Crippen LogP contribution in [0.25, 0.3) is 22.2 Å². The van der Waals surface area contributed by atoms with Crippen molar-refractivity contribution in [3.05, 3.63) is 58.6 Å². The number of rotatable bonds is 7. The first-order chi connectivity index (χ1) is 11.3. The third-order valence-corrected chi connectivity index (χ3v) is 5.18. The molecular formula is C21H24BrN. The van der Waals surface area contributed by atoms with E-state index in [0.29, 0.717) is 0 Å². The van der Waals surface area contributed by atoms with Gasteiger partial charge in [-0.05, 0) is 30.5 Å². The molecule has 3 rings (SSSR count). The maximum atomic E-state index is 3.71. The van der Waals surface area contributed by atoms with E-state index in [1.807, 2.05) is 0 Å². The second-order valence-corrected chi connectivity index (χ2v) is 7.02. The second kappa shape index (κ2) is 7.83. The molecule has 2 heteroatoms. The standard InChI is InChI=1S/C21H24BrN/c1-2-3-4-5-6-12-17-16-11-8-10-15-20(16)23-21(17)18-13-7-9-14-19(18)22/h7-11,13-15,23H,2-6,12H2,1H3. The number of benzene rings is 2. The maximum Gasteiger partial charge on any atom is 0.0508 e. The molecular weight excluding hydrogens is 346 g/mol. The summed E-state index contributed by atoms with van der Waals surface area (Å²) in [4.78, 5) is 3.64. The quantitative estimate of drug-likeness (QED) is 0.427. The van der Waals surface area contributed by atoms with Crippen molar-refractivity contribution < 1.29 is 0 Å². The van der Waals surface area contributed by atoms with Crippen LogP contribution in [0, 0.1) is 0 Å². The summed E-state index contributed by atoms with van der Waals surface area (Å²) in [6.45, 7) is 2.27. The van der Waals surface area contributed by atoms with Gasteiger partial charge >= 0.3 is 0 Å². The minimum Gasteiger partial charge on any atom is -0.354 e. The summed E-state index contributed by atoms with van der Waals surface area (Å²) in [7, 11) is 0. The van der Waals surface area contributed by atoms with Crippen LogP contribution in [0.5, 0.6) is 0 Å². The number of halogens is 1. The Hall–Kier alpha value is -1.54. The highest BCUT2D eigenvalue weighted by atomic mass is 79.9. The number of aromatic amines is 1. The van der Waals surface area contributed by atoms with Crippen LogP contribution in [0.2, 0.25) is 0 Å². The number of hydrogen-bond acceptors (Lipinski definition) is 0. The first-order valence-electron chi connectivity index (χ1n) is 8.65. The van der Waals surface area contributed by atoms with Gasteiger partial charge < -0.3 is 4.98 Å². The fraction of sp³-hybridized carbons (Fsp3) is 0.333. The van der Waals surface area contributed by atoms with Gasteiger partial charge in [-0.1, -0.05) is 84.9 Å².